The lowest BCUT2D eigenvalue weighted by Gasteiger charge is -2.32. The van der Waals surface area contributed by atoms with Gasteiger partial charge in [0.15, 0.2) is 0 Å². The van der Waals surface area contributed by atoms with E-state index in [4.69, 9.17) is 9.15 Å². The second kappa shape index (κ2) is 7.37. The molecule has 0 saturated carbocycles. The second-order valence-electron chi connectivity index (χ2n) is 6.82. The van der Waals surface area contributed by atoms with E-state index in [1.54, 1.807) is 31.4 Å². The Kier molecular flexibility index (Phi) is 4.77. The van der Waals surface area contributed by atoms with Crippen LogP contribution in [0.5, 0.6) is 0 Å². The summed E-state index contributed by atoms with van der Waals surface area (Å²) >= 11 is 0. The number of carbonyl (C=O) groups is 1. The minimum Gasteiger partial charge on any atom is -0.422 e. The van der Waals surface area contributed by atoms with Crippen LogP contribution in [0.15, 0.2) is 63.8 Å². The molecule has 2 aromatic carbocycles. The number of nitrogens with zero attached hydrogens (tertiary/aromatic N) is 1. The molecule has 0 spiro atoms. The number of carbonyl (C=O) groups excluding carboxylic acids is 1. The molecule has 5 heteroatoms. The Hall–Kier alpha value is -2.92. The van der Waals surface area contributed by atoms with Gasteiger partial charge in [0, 0.05) is 31.1 Å². The maximum Gasteiger partial charge on any atom is 0.344 e. The maximum atomic E-state index is 12.9. The van der Waals surface area contributed by atoms with Crippen LogP contribution in [0.4, 0.5) is 0 Å². The largest absolute Gasteiger partial charge is 0.422 e. The van der Waals surface area contributed by atoms with E-state index in [0.717, 1.165) is 24.8 Å². The first kappa shape index (κ1) is 17.5. The highest BCUT2D eigenvalue weighted by Crippen LogP contribution is 2.23. The first-order valence-electron chi connectivity index (χ1n) is 9.11. The van der Waals surface area contributed by atoms with Crippen molar-refractivity contribution in [1.29, 1.82) is 0 Å². The van der Waals surface area contributed by atoms with Crippen molar-refractivity contribution in [2.45, 2.75) is 18.9 Å². The van der Waals surface area contributed by atoms with E-state index in [1.807, 2.05) is 35.2 Å². The molecule has 1 atom stereocenters. The zero-order chi connectivity index (χ0) is 18.8. The second-order valence-corrected chi connectivity index (χ2v) is 6.82. The number of methoxy groups -OCH3 is 1. The number of likely N-dealkylation sites (tertiary alicyclic amines) is 1. The Morgan fingerprint density at radius 1 is 1.15 bits per heavy atom. The summed E-state index contributed by atoms with van der Waals surface area (Å²) in [6.07, 6.45) is 1.98. The molecule has 5 nitrogen and oxygen atoms in total. The first-order chi connectivity index (χ1) is 13.2. The Bertz CT molecular complexity index is 1040. The van der Waals surface area contributed by atoms with Gasteiger partial charge in [-0.25, -0.2) is 4.79 Å². The van der Waals surface area contributed by atoms with Gasteiger partial charge < -0.3 is 14.1 Å². The monoisotopic (exact) mass is 363 g/mol. The third-order valence-electron chi connectivity index (χ3n) is 5.06. The number of hydrogen-bond donors (Lipinski definition) is 0. The Morgan fingerprint density at radius 3 is 2.85 bits per heavy atom. The summed E-state index contributed by atoms with van der Waals surface area (Å²) in [6.45, 7) is 1.32. The summed E-state index contributed by atoms with van der Waals surface area (Å²) in [5.74, 6) is -0.0382. The van der Waals surface area contributed by atoms with Crippen LogP contribution in [-0.4, -0.2) is 37.1 Å². The number of para-hydroxylation sites is 1. The summed E-state index contributed by atoms with van der Waals surface area (Å²) in [6, 6.07) is 16.4. The van der Waals surface area contributed by atoms with E-state index < -0.39 is 5.63 Å². The van der Waals surface area contributed by atoms with Gasteiger partial charge in [-0.1, -0.05) is 30.3 Å². The van der Waals surface area contributed by atoms with Crippen LogP contribution in [0, 0.1) is 0 Å². The molecule has 1 unspecified atom stereocenters. The molecule has 4 rings (SSSR count). The number of amides is 1. The number of ether oxygens (including phenoxy) is 1. The van der Waals surface area contributed by atoms with Crippen molar-refractivity contribution in [3.05, 3.63) is 70.6 Å². The van der Waals surface area contributed by atoms with Crippen LogP contribution in [0.2, 0.25) is 0 Å². The molecule has 3 aromatic rings. The SMILES string of the molecule is COC1CCCN(C(=O)c2cccc(-c3cc4ccccc4oc3=O)c2)C1. The zero-order valence-electron chi connectivity index (χ0n) is 15.2. The number of hydrogen-bond acceptors (Lipinski definition) is 4. The van der Waals surface area contributed by atoms with Crippen LogP contribution in [0.3, 0.4) is 0 Å². The van der Waals surface area contributed by atoms with Crippen LogP contribution in [0.25, 0.3) is 22.1 Å². The quantitative estimate of drug-likeness (QED) is 0.666. The predicted molar refractivity (Wildman–Crippen MR) is 104 cm³/mol. The van der Waals surface area contributed by atoms with E-state index in [0.29, 0.717) is 28.8 Å². The summed E-state index contributed by atoms with van der Waals surface area (Å²) < 4.78 is 10.8. The molecule has 1 aliphatic heterocycles. The number of benzene rings is 2. The predicted octanol–water partition coefficient (Wildman–Crippen LogP) is 3.71. The molecule has 1 amide bonds. The van der Waals surface area contributed by atoms with Crippen molar-refractivity contribution in [2.24, 2.45) is 0 Å². The molecule has 1 aliphatic rings. The van der Waals surface area contributed by atoms with E-state index in [2.05, 4.69) is 0 Å². The molecule has 27 heavy (non-hydrogen) atoms. The fourth-order valence-corrected chi connectivity index (χ4v) is 3.58. The first-order valence-corrected chi connectivity index (χ1v) is 9.11. The minimum absolute atomic E-state index is 0.0382. The van der Waals surface area contributed by atoms with Gasteiger partial charge >= 0.3 is 5.63 Å². The number of fused-ring (bicyclic) bond motifs is 1. The molecule has 2 heterocycles. The van der Waals surface area contributed by atoms with Crippen LogP contribution >= 0.6 is 0 Å². The summed E-state index contributed by atoms with van der Waals surface area (Å²) in [7, 11) is 1.68. The maximum absolute atomic E-state index is 12.9. The van der Waals surface area contributed by atoms with E-state index in [-0.39, 0.29) is 12.0 Å². The number of rotatable bonds is 3. The fraction of sp³-hybridized carbons (Fsp3) is 0.273. The summed E-state index contributed by atoms with van der Waals surface area (Å²) in [4.78, 5) is 27.1. The van der Waals surface area contributed by atoms with E-state index in [9.17, 15) is 9.59 Å². The molecule has 0 aliphatic carbocycles. The van der Waals surface area contributed by atoms with Gasteiger partial charge in [-0.3, -0.25) is 4.79 Å². The molecule has 1 saturated heterocycles. The van der Waals surface area contributed by atoms with Crippen molar-refractivity contribution >= 4 is 16.9 Å². The third-order valence-corrected chi connectivity index (χ3v) is 5.06. The van der Waals surface area contributed by atoms with Crippen LogP contribution < -0.4 is 5.63 Å². The minimum atomic E-state index is -0.407. The third kappa shape index (κ3) is 3.51. The molecular weight excluding hydrogens is 342 g/mol. The lowest BCUT2D eigenvalue weighted by Crippen LogP contribution is -2.42. The molecule has 0 bridgehead atoms. The van der Waals surface area contributed by atoms with Gasteiger partial charge in [-0.05, 0) is 42.7 Å². The Morgan fingerprint density at radius 2 is 2.00 bits per heavy atom. The van der Waals surface area contributed by atoms with Crippen molar-refractivity contribution < 1.29 is 13.9 Å². The van der Waals surface area contributed by atoms with Gasteiger partial charge in [0.2, 0.25) is 0 Å². The average molecular weight is 363 g/mol. The summed E-state index contributed by atoms with van der Waals surface area (Å²) in [5.41, 5.74) is 1.85. The van der Waals surface area contributed by atoms with Crippen LogP contribution in [-0.2, 0) is 4.74 Å². The van der Waals surface area contributed by atoms with Gasteiger partial charge in [0.1, 0.15) is 5.58 Å². The van der Waals surface area contributed by atoms with Gasteiger partial charge in [0.05, 0.1) is 11.7 Å². The van der Waals surface area contributed by atoms with E-state index >= 15 is 0 Å². The molecule has 1 aromatic heterocycles. The standard InChI is InChI=1S/C22H21NO4/c1-26-18-9-5-11-23(14-18)21(24)17-8-4-7-15(12-17)19-13-16-6-2-3-10-20(16)27-22(19)25/h2-4,6-8,10,12-13,18H,5,9,11,14H2,1H3. The zero-order valence-corrected chi connectivity index (χ0v) is 15.2. The fourth-order valence-electron chi connectivity index (χ4n) is 3.58. The lowest BCUT2D eigenvalue weighted by molar-refractivity contribution is 0.0269. The lowest BCUT2D eigenvalue weighted by atomic mass is 10.0. The molecular formula is C22H21NO4. The van der Waals surface area contributed by atoms with Crippen molar-refractivity contribution in [3.63, 3.8) is 0 Å². The van der Waals surface area contributed by atoms with Crippen LogP contribution in [0.1, 0.15) is 23.2 Å². The molecule has 138 valence electrons. The van der Waals surface area contributed by atoms with Gasteiger partial charge in [-0.2, -0.15) is 0 Å². The highest BCUT2D eigenvalue weighted by molar-refractivity contribution is 5.95. The van der Waals surface area contributed by atoms with Crippen molar-refractivity contribution in [2.75, 3.05) is 20.2 Å². The van der Waals surface area contributed by atoms with Crippen molar-refractivity contribution in [1.82, 2.24) is 4.90 Å². The Labute approximate surface area is 157 Å². The molecule has 0 N–H and O–H groups in total. The topological polar surface area (TPSA) is 59.8 Å². The number of piperidine rings is 1. The average Bonchev–Trinajstić information content (AvgIpc) is 2.73. The Balaban J connectivity index is 1.68. The molecule has 1 fully saturated rings. The normalized spacial score (nSPS) is 17.2. The highest BCUT2D eigenvalue weighted by Gasteiger charge is 2.24. The van der Waals surface area contributed by atoms with Gasteiger partial charge in [0.25, 0.3) is 5.91 Å². The van der Waals surface area contributed by atoms with Crippen molar-refractivity contribution in [3.8, 4) is 11.1 Å². The highest BCUT2D eigenvalue weighted by atomic mass is 16.5. The smallest absolute Gasteiger partial charge is 0.344 e. The summed E-state index contributed by atoms with van der Waals surface area (Å²) in [5, 5.41) is 0.850. The molecule has 0 radical (unpaired) electrons. The van der Waals surface area contributed by atoms with Gasteiger partial charge in [-0.15, -0.1) is 0 Å². The van der Waals surface area contributed by atoms with E-state index in [1.165, 1.54) is 0 Å².